The van der Waals surface area contributed by atoms with Gasteiger partial charge in [0.15, 0.2) is 11.6 Å². The van der Waals surface area contributed by atoms with Crippen LogP contribution in [0.5, 0.6) is 0 Å². The van der Waals surface area contributed by atoms with Crippen molar-refractivity contribution in [2.45, 2.75) is 38.8 Å². The molecule has 1 unspecified atom stereocenters. The number of carbonyl (C=O) groups is 1. The Morgan fingerprint density at radius 1 is 1.30 bits per heavy atom. The first-order valence-electron chi connectivity index (χ1n) is 9.21. The summed E-state index contributed by atoms with van der Waals surface area (Å²) in [6.45, 7) is 1.53. The van der Waals surface area contributed by atoms with E-state index >= 15 is 0 Å². The van der Waals surface area contributed by atoms with E-state index < -0.39 is 40.4 Å². The molecule has 0 fully saturated rings. The second kappa shape index (κ2) is 8.88. The Bertz CT molecular complexity index is 1070. The Labute approximate surface area is 177 Å². The van der Waals surface area contributed by atoms with Gasteiger partial charge in [0.05, 0.1) is 17.3 Å². The highest BCUT2D eigenvalue weighted by atomic mass is 35.5. The lowest BCUT2D eigenvalue weighted by Gasteiger charge is -2.19. The minimum Gasteiger partial charge on any atom is -0.395 e. The van der Waals surface area contributed by atoms with Crippen LogP contribution in [0.15, 0.2) is 18.2 Å². The van der Waals surface area contributed by atoms with Crippen molar-refractivity contribution < 1.29 is 27.1 Å². The van der Waals surface area contributed by atoms with Crippen molar-refractivity contribution in [3.8, 4) is 0 Å². The normalized spacial score (nSPS) is 14.8. The second-order valence-electron chi connectivity index (χ2n) is 6.98. The maximum atomic E-state index is 13.4. The molecular formula is C18H21ClF2N4O4S. The number of hydrogen-bond donors (Lipinski definition) is 4. The number of nitrogens with one attached hydrogen (secondary N) is 3. The van der Waals surface area contributed by atoms with Gasteiger partial charge in [-0.15, -0.1) is 0 Å². The number of hydrogen-bond acceptors (Lipinski definition) is 4. The van der Waals surface area contributed by atoms with Gasteiger partial charge < -0.3 is 15.0 Å². The topological polar surface area (TPSA) is 112 Å². The molecule has 0 spiro atoms. The van der Waals surface area contributed by atoms with Crippen molar-refractivity contribution in [3.63, 3.8) is 0 Å². The number of benzene rings is 1. The van der Waals surface area contributed by atoms with Crippen LogP contribution < -0.4 is 14.8 Å². The number of halogens is 3. The average molecular weight is 463 g/mol. The van der Waals surface area contributed by atoms with Gasteiger partial charge in [0.25, 0.3) is 16.1 Å². The highest BCUT2D eigenvalue weighted by molar-refractivity contribution is 7.90. The second-order valence-corrected chi connectivity index (χ2v) is 8.81. The molecule has 12 heteroatoms. The SMILES string of the molecule is CC(CO)NS(=O)(=O)Nc1c(Cl)c(C(=O)Nc2ccc(F)c(F)c2)n2c1CCCC2. The molecule has 0 radical (unpaired) electrons. The van der Waals surface area contributed by atoms with Crippen molar-refractivity contribution in [1.82, 2.24) is 9.29 Å². The summed E-state index contributed by atoms with van der Waals surface area (Å²) in [6.07, 6.45) is 2.03. The van der Waals surface area contributed by atoms with Crippen LogP contribution in [0.2, 0.25) is 5.02 Å². The van der Waals surface area contributed by atoms with E-state index in [1.807, 2.05) is 0 Å². The smallest absolute Gasteiger partial charge is 0.299 e. The molecule has 0 bridgehead atoms. The van der Waals surface area contributed by atoms with Gasteiger partial charge in [0.1, 0.15) is 5.69 Å². The molecule has 1 atom stereocenters. The predicted octanol–water partition coefficient (Wildman–Crippen LogP) is 2.64. The summed E-state index contributed by atoms with van der Waals surface area (Å²) in [7, 11) is -4.06. The van der Waals surface area contributed by atoms with Crippen LogP contribution in [0, 0.1) is 11.6 Å². The van der Waals surface area contributed by atoms with E-state index in [9.17, 15) is 22.0 Å². The maximum absolute atomic E-state index is 13.4. The molecule has 30 heavy (non-hydrogen) atoms. The third kappa shape index (κ3) is 4.75. The molecule has 3 rings (SSSR count). The van der Waals surface area contributed by atoms with Crippen molar-refractivity contribution in [2.24, 2.45) is 0 Å². The predicted molar refractivity (Wildman–Crippen MR) is 109 cm³/mol. The third-order valence-corrected chi connectivity index (χ3v) is 6.17. The Balaban J connectivity index is 1.95. The van der Waals surface area contributed by atoms with Crippen LogP contribution >= 0.6 is 11.6 Å². The van der Waals surface area contributed by atoms with Gasteiger partial charge >= 0.3 is 0 Å². The van der Waals surface area contributed by atoms with E-state index in [-0.39, 0.29) is 22.1 Å². The van der Waals surface area contributed by atoms with Gasteiger partial charge in [-0.1, -0.05) is 11.6 Å². The molecule has 0 saturated heterocycles. The summed E-state index contributed by atoms with van der Waals surface area (Å²) in [5.41, 5.74) is 0.666. The largest absolute Gasteiger partial charge is 0.395 e. The lowest BCUT2D eigenvalue weighted by molar-refractivity contribution is 0.101. The van der Waals surface area contributed by atoms with Crippen LogP contribution in [0.3, 0.4) is 0 Å². The molecule has 1 aliphatic heterocycles. The third-order valence-electron chi connectivity index (χ3n) is 4.62. The van der Waals surface area contributed by atoms with Crippen LogP contribution in [-0.4, -0.2) is 36.6 Å². The van der Waals surface area contributed by atoms with Gasteiger partial charge in [-0.2, -0.15) is 13.1 Å². The number of aliphatic hydroxyl groups excluding tert-OH is 1. The molecule has 1 amide bonds. The molecule has 4 N–H and O–H groups in total. The summed E-state index contributed by atoms with van der Waals surface area (Å²) in [5, 5.41) is 11.4. The molecular weight excluding hydrogens is 442 g/mol. The van der Waals surface area contributed by atoms with Crippen LogP contribution in [-0.2, 0) is 23.2 Å². The zero-order chi connectivity index (χ0) is 22.1. The number of aromatic nitrogens is 1. The zero-order valence-electron chi connectivity index (χ0n) is 16.0. The van der Waals surface area contributed by atoms with Crippen molar-refractivity contribution in [1.29, 1.82) is 0 Å². The first kappa shape index (κ1) is 22.5. The maximum Gasteiger partial charge on any atom is 0.299 e. The number of anilines is 2. The number of aliphatic hydroxyl groups is 1. The van der Waals surface area contributed by atoms with E-state index in [4.69, 9.17) is 16.7 Å². The summed E-state index contributed by atoms with van der Waals surface area (Å²) in [5.74, 6) is -2.85. The first-order valence-corrected chi connectivity index (χ1v) is 11.1. The van der Waals surface area contributed by atoms with Crippen LogP contribution in [0.1, 0.15) is 35.9 Å². The van der Waals surface area contributed by atoms with E-state index in [1.54, 1.807) is 4.57 Å². The van der Waals surface area contributed by atoms with E-state index in [0.29, 0.717) is 18.7 Å². The van der Waals surface area contributed by atoms with Gasteiger partial charge in [-0.05, 0) is 38.3 Å². The van der Waals surface area contributed by atoms with E-state index in [1.165, 1.54) is 13.0 Å². The molecule has 1 aromatic heterocycles. The van der Waals surface area contributed by atoms with Crippen LogP contribution in [0.4, 0.5) is 20.2 Å². The minimum atomic E-state index is -4.06. The Morgan fingerprint density at radius 3 is 2.70 bits per heavy atom. The Hall–Kier alpha value is -2.21. The summed E-state index contributed by atoms with van der Waals surface area (Å²) in [6, 6.07) is 2.20. The monoisotopic (exact) mass is 462 g/mol. The summed E-state index contributed by atoms with van der Waals surface area (Å²) < 4.78 is 57.5. The van der Waals surface area contributed by atoms with Gasteiger partial charge in [0.2, 0.25) is 0 Å². The average Bonchev–Trinajstić information content (AvgIpc) is 2.95. The number of rotatable bonds is 7. The lowest BCUT2D eigenvalue weighted by Crippen LogP contribution is -2.39. The number of nitrogens with zero attached hydrogens (tertiary/aromatic N) is 1. The molecule has 1 aliphatic rings. The van der Waals surface area contributed by atoms with Gasteiger partial charge in [-0.3, -0.25) is 9.52 Å². The fourth-order valence-electron chi connectivity index (χ4n) is 3.26. The molecule has 0 saturated carbocycles. The molecule has 1 aromatic carbocycles. The summed E-state index contributed by atoms with van der Waals surface area (Å²) in [4.78, 5) is 12.8. The first-order chi connectivity index (χ1) is 14.1. The van der Waals surface area contributed by atoms with Crippen molar-refractivity contribution in [2.75, 3.05) is 16.6 Å². The zero-order valence-corrected chi connectivity index (χ0v) is 17.6. The molecule has 2 aromatic rings. The quantitative estimate of drug-likeness (QED) is 0.506. The van der Waals surface area contributed by atoms with Crippen LogP contribution in [0.25, 0.3) is 0 Å². The van der Waals surface area contributed by atoms with Gasteiger partial charge in [-0.25, -0.2) is 8.78 Å². The highest BCUT2D eigenvalue weighted by Gasteiger charge is 2.30. The molecule has 8 nitrogen and oxygen atoms in total. The molecule has 2 heterocycles. The number of fused-ring (bicyclic) bond motifs is 1. The molecule has 0 aliphatic carbocycles. The lowest BCUT2D eigenvalue weighted by atomic mass is 10.1. The van der Waals surface area contributed by atoms with Gasteiger partial charge in [0, 0.05) is 30.0 Å². The van der Waals surface area contributed by atoms with E-state index in [0.717, 1.165) is 25.0 Å². The highest BCUT2D eigenvalue weighted by Crippen LogP contribution is 2.37. The van der Waals surface area contributed by atoms with Crippen molar-refractivity contribution >= 4 is 39.1 Å². The Morgan fingerprint density at radius 2 is 2.03 bits per heavy atom. The van der Waals surface area contributed by atoms with E-state index in [2.05, 4.69) is 14.8 Å². The van der Waals surface area contributed by atoms with Crippen molar-refractivity contribution in [3.05, 3.63) is 46.2 Å². The minimum absolute atomic E-state index is 0.0176. The fraction of sp³-hybridized carbons (Fsp3) is 0.389. The molecule has 164 valence electrons. The Kier molecular flexibility index (Phi) is 6.65. The summed E-state index contributed by atoms with van der Waals surface area (Å²) >= 11 is 6.39. The number of amides is 1. The fourth-order valence-corrected chi connectivity index (χ4v) is 4.81. The standard InChI is InChI=1S/C18H21ClF2N4O4S/c1-10(9-26)23-30(28,29)24-16-14-4-2-3-7-25(14)17(15(16)19)18(27)22-11-5-6-12(20)13(21)8-11/h5-6,8,10,23-24,26H,2-4,7,9H2,1H3,(H,22,27). The number of carbonyl (C=O) groups excluding carboxylic acids is 1.